The van der Waals surface area contributed by atoms with Crippen molar-refractivity contribution in [1.29, 1.82) is 0 Å². The molecule has 2 fully saturated rings. The van der Waals surface area contributed by atoms with Crippen molar-refractivity contribution < 1.29 is 9.59 Å². The Bertz CT molecular complexity index is 597. The van der Waals surface area contributed by atoms with Gasteiger partial charge in [0.15, 0.2) is 0 Å². The van der Waals surface area contributed by atoms with Crippen molar-refractivity contribution in [3.63, 3.8) is 0 Å². The van der Waals surface area contributed by atoms with E-state index in [1.165, 1.54) is 0 Å². The Balaban J connectivity index is 1.47. The molecule has 0 bridgehead atoms. The molecule has 3 amide bonds. The molecule has 0 radical (unpaired) electrons. The van der Waals surface area contributed by atoms with E-state index >= 15 is 0 Å². The van der Waals surface area contributed by atoms with E-state index in [1.807, 2.05) is 28.1 Å². The minimum absolute atomic E-state index is 0.0440. The molecule has 0 N–H and O–H groups in total. The Labute approximate surface area is 149 Å². The van der Waals surface area contributed by atoms with Crippen LogP contribution in [0.4, 0.5) is 4.79 Å². The summed E-state index contributed by atoms with van der Waals surface area (Å²) in [5, 5.41) is 0. The lowest BCUT2D eigenvalue weighted by Gasteiger charge is -2.34. The van der Waals surface area contributed by atoms with Gasteiger partial charge in [-0.1, -0.05) is 6.07 Å². The van der Waals surface area contributed by atoms with E-state index in [-0.39, 0.29) is 17.9 Å². The van der Waals surface area contributed by atoms with E-state index < -0.39 is 0 Å². The van der Waals surface area contributed by atoms with Crippen molar-refractivity contribution in [1.82, 2.24) is 19.7 Å². The third-order valence-electron chi connectivity index (χ3n) is 5.32. The highest BCUT2D eigenvalue weighted by Gasteiger charge is 2.34. The van der Waals surface area contributed by atoms with Crippen LogP contribution in [0.3, 0.4) is 0 Å². The standard InChI is InChI=1S/C19H28N4O2/c1-21(2)19(25)22-11-7-16(8-12-22)18(24)23-10-6-15(14-23)13-17-5-3-4-9-20-17/h3-5,9,15-16H,6-8,10-14H2,1-2H3. The highest BCUT2D eigenvalue weighted by atomic mass is 16.2. The van der Waals surface area contributed by atoms with Gasteiger partial charge in [-0.3, -0.25) is 9.78 Å². The van der Waals surface area contributed by atoms with Gasteiger partial charge >= 0.3 is 6.03 Å². The maximum Gasteiger partial charge on any atom is 0.319 e. The molecule has 0 saturated carbocycles. The Hall–Kier alpha value is -2.11. The second-order valence-electron chi connectivity index (χ2n) is 7.40. The summed E-state index contributed by atoms with van der Waals surface area (Å²) < 4.78 is 0. The molecule has 2 aliphatic rings. The summed E-state index contributed by atoms with van der Waals surface area (Å²) in [6, 6.07) is 6.05. The van der Waals surface area contributed by atoms with Crippen LogP contribution in [0, 0.1) is 11.8 Å². The van der Waals surface area contributed by atoms with Crippen molar-refractivity contribution in [3.8, 4) is 0 Å². The first kappa shape index (κ1) is 17.7. The summed E-state index contributed by atoms with van der Waals surface area (Å²) in [6.07, 6.45) is 5.39. The third kappa shape index (κ3) is 4.30. The fourth-order valence-corrected chi connectivity index (χ4v) is 3.87. The molecule has 1 atom stereocenters. The van der Waals surface area contributed by atoms with Crippen LogP contribution in [0.25, 0.3) is 0 Å². The van der Waals surface area contributed by atoms with Crippen LogP contribution in [0.1, 0.15) is 25.0 Å². The number of hydrogen-bond donors (Lipinski definition) is 0. The molecule has 3 heterocycles. The molecule has 0 aliphatic carbocycles. The summed E-state index contributed by atoms with van der Waals surface area (Å²) >= 11 is 0. The van der Waals surface area contributed by atoms with Gasteiger partial charge in [-0.2, -0.15) is 0 Å². The normalized spacial score (nSPS) is 21.4. The maximum absolute atomic E-state index is 12.8. The van der Waals surface area contributed by atoms with Crippen LogP contribution >= 0.6 is 0 Å². The van der Waals surface area contributed by atoms with Gasteiger partial charge in [0.2, 0.25) is 5.91 Å². The molecule has 2 saturated heterocycles. The van der Waals surface area contributed by atoms with Gasteiger partial charge < -0.3 is 14.7 Å². The first-order valence-corrected chi connectivity index (χ1v) is 9.19. The molecular formula is C19H28N4O2. The van der Waals surface area contributed by atoms with E-state index in [4.69, 9.17) is 0 Å². The van der Waals surface area contributed by atoms with Crippen LogP contribution in [0.2, 0.25) is 0 Å². The second-order valence-corrected chi connectivity index (χ2v) is 7.40. The highest BCUT2D eigenvalue weighted by Crippen LogP contribution is 2.26. The van der Waals surface area contributed by atoms with Gasteiger partial charge in [-0.25, -0.2) is 4.79 Å². The molecule has 1 aromatic rings. The van der Waals surface area contributed by atoms with Crippen molar-refractivity contribution >= 4 is 11.9 Å². The SMILES string of the molecule is CN(C)C(=O)N1CCC(C(=O)N2CCC(Cc3ccccn3)C2)CC1. The van der Waals surface area contributed by atoms with Crippen LogP contribution < -0.4 is 0 Å². The van der Waals surface area contributed by atoms with E-state index in [1.54, 1.807) is 19.0 Å². The predicted octanol–water partition coefficient (Wildman–Crippen LogP) is 1.87. The fraction of sp³-hybridized carbons (Fsp3) is 0.632. The number of nitrogens with zero attached hydrogens (tertiary/aromatic N) is 4. The zero-order valence-electron chi connectivity index (χ0n) is 15.2. The topological polar surface area (TPSA) is 56.8 Å². The maximum atomic E-state index is 12.8. The van der Waals surface area contributed by atoms with Gasteiger partial charge in [-0.05, 0) is 43.7 Å². The van der Waals surface area contributed by atoms with Crippen molar-refractivity contribution in [2.75, 3.05) is 40.3 Å². The Morgan fingerprint density at radius 3 is 2.48 bits per heavy atom. The number of carbonyl (C=O) groups is 2. The van der Waals surface area contributed by atoms with Gasteiger partial charge in [-0.15, -0.1) is 0 Å². The van der Waals surface area contributed by atoms with Gasteiger partial charge in [0, 0.05) is 58.1 Å². The van der Waals surface area contributed by atoms with Crippen LogP contribution in [0.5, 0.6) is 0 Å². The number of carbonyl (C=O) groups excluding carboxylic acids is 2. The molecule has 6 nitrogen and oxygen atoms in total. The average molecular weight is 344 g/mol. The summed E-state index contributed by atoms with van der Waals surface area (Å²) in [6.45, 7) is 3.05. The number of aromatic nitrogens is 1. The van der Waals surface area contributed by atoms with Crippen LogP contribution in [-0.4, -0.2) is 71.9 Å². The molecule has 0 spiro atoms. The highest BCUT2D eigenvalue weighted by molar-refractivity contribution is 5.80. The first-order chi connectivity index (χ1) is 12.0. The molecule has 136 valence electrons. The molecular weight excluding hydrogens is 316 g/mol. The lowest BCUT2D eigenvalue weighted by atomic mass is 9.95. The van der Waals surface area contributed by atoms with E-state index in [0.29, 0.717) is 19.0 Å². The monoisotopic (exact) mass is 344 g/mol. The Morgan fingerprint density at radius 2 is 1.84 bits per heavy atom. The quantitative estimate of drug-likeness (QED) is 0.841. The van der Waals surface area contributed by atoms with Gasteiger partial charge in [0.05, 0.1) is 0 Å². The van der Waals surface area contributed by atoms with Gasteiger partial charge in [0.25, 0.3) is 0 Å². The second kappa shape index (κ2) is 7.85. The molecule has 25 heavy (non-hydrogen) atoms. The smallest absolute Gasteiger partial charge is 0.319 e. The fourth-order valence-electron chi connectivity index (χ4n) is 3.87. The zero-order chi connectivity index (χ0) is 17.8. The molecule has 6 heteroatoms. The largest absolute Gasteiger partial charge is 0.342 e. The number of piperidine rings is 1. The van der Waals surface area contributed by atoms with Gasteiger partial charge in [0.1, 0.15) is 0 Å². The molecule has 1 aromatic heterocycles. The Kier molecular flexibility index (Phi) is 5.56. The number of rotatable bonds is 3. The van der Waals surface area contributed by atoms with E-state index in [9.17, 15) is 9.59 Å². The van der Waals surface area contributed by atoms with E-state index in [2.05, 4.69) is 11.1 Å². The van der Waals surface area contributed by atoms with Crippen LogP contribution in [0.15, 0.2) is 24.4 Å². The summed E-state index contributed by atoms with van der Waals surface area (Å²) in [7, 11) is 3.54. The summed E-state index contributed by atoms with van der Waals surface area (Å²) in [5.74, 6) is 0.856. The lowest BCUT2D eigenvalue weighted by molar-refractivity contribution is -0.135. The molecule has 1 unspecified atom stereocenters. The van der Waals surface area contributed by atoms with Crippen LogP contribution in [-0.2, 0) is 11.2 Å². The number of likely N-dealkylation sites (tertiary alicyclic amines) is 2. The van der Waals surface area contributed by atoms with E-state index in [0.717, 1.165) is 44.5 Å². The molecule has 3 rings (SSSR count). The Morgan fingerprint density at radius 1 is 1.12 bits per heavy atom. The molecule has 0 aromatic carbocycles. The summed E-state index contributed by atoms with van der Waals surface area (Å²) in [5.41, 5.74) is 1.11. The lowest BCUT2D eigenvalue weighted by Crippen LogP contribution is -2.47. The first-order valence-electron chi connectivity index (χ1n) is 9.19. The zero-order valence-corrected chi connectivity index (χ0v) is 15.2. The predicted molar refractivity (Wildman–Crippen MR) is 96.0 cm³/mol. The number of hydrogen-bond acceptors (Lipinski definition) is 3. The minimum Gasteiger partial charge on any atom is -0.342 e. The van der Waals surface area contributed by atoms with Crippen molar-refractivity contribution in [3.05, 3.63) is 30.1 Å². The average Bonchev–Trinajstić information content (AvgIpc) is 3.10. The minimum atomic E-state index is 0.0440. The summed E-state index contributed by atoms with van der Waals surface area (Å²) in [4.78, 5) is 34.7. The number of amides is 3. The number of urea groups is 1. The molecule has 2 aliphatic heterocycles. The number of pyridine rings is 1. The van der Waals surface area contributed by atoms with Crippen molar-refractivity contribution in [2.24, 2.45) is 11.8 Å². The third-order valence-corrected chi connectivity index (χ3v) is 5.32. The van der Waals surface area contributed by atoms with Crippen molar-refractivity contribution in [2.45, 2.75) is 25.7 Å².